The molecule has 0 saturated heterocycles. The minimum absolute atomic E-state index is 0.0642. The zero-order valence-corrected chi connectivity index (χ0v) is 4.12. The van der Waals surface area contributed by atoms with Crippen molar-refractivity contribution >= 4 is 15.9 Å². The van der Waals surface area contributed by atoms with Crippen LogP contribution in [0.5, 0.6) is 0 Å². The van der Waals surface area contributed by atoms with Gasteiger partial charge < -0.3 is 5.11 Å². The highest BCUT2D eigenvalue weighted by Gasteiger charge is 1.50. The van der Waals surface area contributed by atoms with E-state index in [1.165, 1.54) is 0 Å². The summed E-state index contributed by atoms with van der Waals surface area (Å²) in [5.41, 5.74) is 0. The Kier molecular flexibility index (Phi) is 4.00. The van der Waals surface area contributed by atoms with Crippen LogP contribution in [-0.4, -0.2) is 11.7 Å². The monoisotopic (exact) mass is 134 g/mol. The van der Waals surface area contributed by atoms with Crippen LogP contribution in [0.4, 0.5) is 0 Å². The lowest BCUT2D eigenvalue weighted by molar-refractivity contribution is 0.351. The first-order valence-electron chi connectivity index (χ1n) is 1.11. The fraction of sp³-hybridized carbons (Fsp3) is 0.333. The van der Waals surface area contributed by atoms with E-state index in [2.05, 4.69) is 26.7 Å². The Hall–Kier alpha value is 0. The molecule has 1 nitrogen and oxygen atoms in total. The van der Waals surface area contributed by atoms with Gasteiger partial charge in [-0.15, -0.1) is 0 Å². The van der Waals surface area contributed by atoms with E-state index < -0.39 is 0 Å². The normalized spacial score (nSPS) is 5.20. The topological polar surface area (TPSA) is 20.2 Å². The van der Waals surface area contributed by atoms with E-state index >= 15 is 0 Å². The number of hydrogen-bond acceptors (Lipinski definition) is 1. The van der Waals surface area contributed by atoms with Gasteiger partial charge in [-0.05, 0) is 4.83 Å². The van der Waals surface area contributed by atoms with Crippen LogP contribution in [0.25, 0.3) is 0 Å². The maximum Gasteiger partial charge on any atom is 0.105 e. The van der Waals surface area contributed by atoms with Gasteiger partial charge in [-0.25, -0.2) is 0 Å². The second-order valence-electron chi connectivity index (χ2n) is 0.429. The molecule has 0 radical (unpaired) electrons. The SMILES string of the molecule is OCC#CBr. The van der Waals surface area contributed by atoms with Gasteiger partial charge in [0.1, 0.15) is 6.61 Å². The smallest absolute Gasteiger partial charge is 0.105 e. The van der Waals surface area contributed by atoms with E-state index in [0.29, 0.717) is 0 Å². The molecule has 5 heavy (non-hydrogen) atoms. The Balaban J connectivity index is 2.81. The molecular weight excluding hydrogens is 132 g/mol. The van der Waals surface area contributed by atoms with E-state index in [9.17, 15) is 0 Å². The molecule has 0 heterocycles. The van der Waals surface area contributed by atoms with Gasteiger partial charge in [0.15, 0.2) is 0 Å². The van der Waals surface area contributed by atoms with Gasteiger partial charge in [0, 0.05) is 15.9 Å². The molecule has 0 atom stereocenters. The third-order valence-electron chi connectivity index (χ3n) is 0.146. The van der Waals surface area contributed by atoms with Crippen LogP contribution in [-0.2, 0) is 0 Å². The van der Waals surface area contributed by atoms with Crippen molar-refractivity contribution in [3.8, 4) is 10.8 Å². The van der Waals surface area contributed by atoms with Crippen molar-refractivity contribution in [2.75, 3.05) is 6.61 Å². The average molecular weight is 135 g/mol. The molecule has 0 saturated carbocycles. The molecule has 0 aliphatic heterocycles. The molecular formula is C3H3BrO. The van der Waals surface area contributed by atoms with Gasteiger partial charge in [0.2, 0.25) is 0 Å². The average Bonchev–Trinajstić information content (AvgIpc) is 1.41. The summed E-state index contributed by atoms with van der Waals surface area (Å²) >= 11 is 2.79. The molecule has 1 N–H and O–H groups in total. The molecule has 0 rings (SSSR count). The van der Waals surface area contributed by atoms with Crippen LogP contribution in [0.1, 0.15) is 0 Å². The maximum atomic E-state index is 7.86. The summed E-state index contributed by atoms with van der Waals surface area (Å²) < 4.78 is 0. The Morgan fingerprint density at radius 2 is 2.40 bits per heavy atom. The first-order chi connectivity index (χ1) is 2.41. The molecule has 0 spiro atoms. The summed E-state index contributed by atoms with van der Waals surface area (Å²) in [6.45, 7) is -0.0642. The minimum Gasteiger partial charge on any atom is -0.384 e. The quantitative estimate of drug-likeness (QED) is 0.474. The number of halogens is 1. The highest BCUT2D eigenvalue weighted by molar-refractivity contribution is 9.12. The largest absolute Gasteiger partial charge is 0.384 e. The van der Waals surface area contributed by atoms with Gasteiger partial charge in [-0.2, -0.15) is 0 Å². The minimum atomic E-state index is -0.0642. The number of rotatable bonds is 0. The summed E-state index contributed by atoms with van der Waals surface area (Å²) in [5.74, 6) is 2.33. The lowest BCUT2D eigenvalue weighted by Crippen LogP contribution is -1.65. The molecule has 28 valence electrons. The third kappa shape index (κ3) is 4.00. The summed E-state index contributed by atoms with van der Waals surface area (Å²) in [5, 5.41) is 7.86. The van der Waals surface area contributed by atoms with Gasteiger partial charge in [-0.1, -0.05) is 5.92 Å². The fourth-order valence-corrected chi connectivity index (χ4v) is 0.155. The van der Waals surface area contributed by atoms with Crippen LogP contribution in [0.2, 0.25) is 0 Å². The molecule has 2 heteroatoms. The number of aliphatic hydroxyl groups excluding tert-OH is 1. The molecule has 0 aliphatic carbocycles. The predicted octanol–water partition coefficient (Wildman–Crippen LogP) is 0.334. The molecule has 0 unspecified atom stereocenters. The van der Waals surface area contributed by atoms with Crippen LogP contribution in [0.3, 0.4) is 0 Å². The van der Waals surface area contributed by atoms with Crippen molar-refractivity contribution in [1.29, 1.82) is 0 Å². The van der Waals surface area contributed by atoms with Crippen molar-refractivity contribution in [2.24, 2.45) is 0 Å². The standard InChI is InChI=1S/C3H3BrO/c4-2-1-3-5/h5H,3H2. The Bertz CT molecular complexity index is 59.0. The van der Waals surface area contributed by atoms with Crippen LogP contribution in [0.15, 0.2) is 0 Å². The van der Waals surface area contributed by atoms with Crippen LogP contribution in [0, 0.1) is 10.8 Å². The maximum absolute atomic E-state index is 7.86. The Labute approximate surface area is 39.1 Å². The van der Waals surface area contributed by atoms with Gasteiger partial charge in [-0.3, -0.25) is 0 Å². The zero-order chi connectivity index (χ0) is 4.12. The zero-order valence-electron chi connectivity index (χ0n) is 2.53. The van der Waals surface area contributed by atoms with Crippen molar-refractivity contribution < 1.29 is 5.11 Å². The summed E-state index contributed by atoms with van der Waals surface area (Å²) in [7, 11) is 0. The number of hydrogen-bond donors (Lipinski definition) is 1. The van der Waals surface area contributed by atoms with Gasteiger partial charge in [0.05, 0.1) is 0 Å². The Morgan fingerprint density at radius 1 is 1.80 bits per heavy atom. The lowest BCUT2D eigenvalue weighted by atomic mass is 10.8. The number of aliphatic hydroxyl groups is 1. The molecule has 0 aromatic heterocycles. The van der Waals surface area contributed by atoms with E-state index in [1.54, 1.807) is 0 Å². The van der Waals surface area contributed by atoms with Gasteiger partial charge >= 0.3 is 0 Å². The summed E-state index contributed by atoms with van der Waals surface area (Å²) in [6.07, 6.45) is 0. The van der Waals surface area contributed by atoms with Crippen molar-refractivity contribution in [1.82, 2.24) is 0 Å². The van der Waals surface area contributed by atoms with E-state index in [1.807, 2.05) is 0 Å². The highest BCUT2D eigenvalue weighted by atomic mass is 79.9. The van der Waals surface area contributed by atoms with E-state index in [0.717, 1.165) is 0 Å². The molecule has 0 aromatic carbocycles. The molecule has 0 aromatic rings. The first kappa shape index (κ1) is 5.00. The van der Waals surface area contributed by atoms with Gasteiger partial charge in [0.25, 0.3) is 0 Å². The molecule has 0 bridgehead atoms. The van der Waals surface area contributed by atoms with Crippen molar-refractivity contribution in [2.45, 2.75) is 0 Å². The molecule has 0 aliphatic rings. The van der Waals surface area contributed by atoms with Crippen molar-refractivity contribution in [3.05, 3.63) is 0 Å². The van der Waals surface area contributed by atoms with Crippen LogP contribution < -0.4 is 0 Å². The van der Waals surface area contributed by atoms with E-state index in [-0.39, 0.29) is 6.61 Å². The predicted molar refractivity (Wildman–Crippen MR) is 23.8 cm³/mol. The van der Waals surface area contributed by atoms with Crippen LogP contribution >= 0.6 is 15.9 Å². The fourth-order valence-electron chi connectivity index (χ4n) is 0.0299. The lowest BCUT2D eigenvalue weighted by Gasteiger charge is -1.58. The second-order valence-corrected chi connectivity index (χ2v) is 0.826. The molecule has 0 amide bonds. The summed E-state index contributed by atoms with van der Waals surface area (Å²) in [6, 6.07) is 0. The van der Waals surface area contributed by atoms with E-state index in [4.69, 9.17) is 5.11 Å². The second kappa shape index (κ2) is 4.00. The first-order valence-corrected chi connectivity index (χ1v) is 1.90. The Morgan fingerprint density at radius 3 is 2.40 bits per heavy atom. The van der Waals surface area contributed by atoms with Crippen molar-refractivity contribution in [3.63, 3.8) is 0 Å². The summed E-state index contributed by atoms with van der Waals surface area (Å²) in [4.78, 5) is 2.33. The highest BCUT2D eigenvalue weighted by Crippen LogP contribution is 1.64. The third-order valence-corrected chi connectivity index (χ3v) is 0.426. The molecule has 0 fully saturated rings.